The summed E-state index contributed by atoms with van der Waals surface area (Å²) in [5, 5.41) is 0. The molecule has 3 aliphatic heterocycles. The molecule has 2 aromatic carbocycles. The third-order valence-corrected chi connectivity index (χ3v) is 4.91. The van der Waals surface area contributed by atoms with Crippen molar-refractivity contribution >= 4 is 11.5 Å². The van der Waals surface area contributed by atoms with Crippen LogP contribution in [0.2, 0.25) is 0 Å². The van der Waals surface area contributed by atoms with Gasteiger partial charge in [0.25, 0.3) is 0 Å². The molecule has 0 amide bonds. The summed E-state index contributed by atoms with van der Waals surface area (Å²) in [6, 6.07) is 6.56. The highest BCUT2D eigenvalue weighted by molar-refractivity contribution is 6.12. The van der Waals surface area contributed by atoms with E-state index in [0.717, 1.165) is 0 Å². The largest absolute Gasteiger partial charge is 0.488 e. The highest BCUT2D eigenvalue weighted by Gasteiger charge is 2.30. The van der Waals surface area contributed by atoms with Gasteiger partial charge in [-0.2, -0.15) is 0 Å². The lowest BCUT2D eigenvalue weighted by Crippen LogP contribution is -2.37. The molecule has 0 saturated carbocycles. The van der Waals surface area contributed by atoms with E-state index in [0.29, 0.717) is 60.4 Å². The Hall–Kier alpha value is -2.80. The Bertz CT molecular complexity index is 907. The Kier molecular flexibility index (Phi) is 3.49. The Morgan fingerprint density at radius 2 is 1.69 bits per heavy atom. The Labute approximate surface area is 149 Å². The number of carbonyl (C=O) groups excluding carboxylic acids is 1. The lowest BCUT2D eigenvalue weighted by atomic mass is 9.97. The number of carbonyl (C=O) groups is 1. The molecule has 0 bridgehead atoms. The smallest absolute Gasteiger partial charge is 0.231 e. The molecule has 26 heavy (non-hydrogen) atoms. The summed E-state index contributed by atoms with van der Waals surface area (Å²) in [7, 11) is 0. The number of rotatable bonds is 1. The summed E-state index contributed by atoms with van der Waals surface area (Å²) >= 11 is 0. The van der Waals surface area contributed by atoms with E-state index >= 15 is 4.39 Å². The van der Waals surface area contributed by atoms with Crippen molar-refractivity contribution in [2.75, 3.05) is 38.0 Å². The summed E-state index contributed by atoms with van der Waals surface area (Å²) in [5.74, 6) is 0.707. The third-order valence-electron chi connectivity index (χ3n) is 4.91. The lowest BCUT2D eigenvalue weighted by molar-refractivity contribution is 0.103. The zero-order chi connectivity index (χ0) is 17.7. The summed E-state index contributed by atoms with van der Waals surface area (Å²) < 4.78 is 36.9. The number of ketones is 1. The fraction of sp³-hybridized carbons (Fsp3) is 0.316. The highest BCUT2D eigenvalue weighted by Crippen LogP contribution is 2.41. The second kappa shape index (κ2) is 5.88. The minimum atomic E-state index is -0.411. The molecule has 134 valence electrons. The number of fused-ring (bicyclic) bond motifs is 3. The maximum Gasteiger partial charge on any atom is 0.231 e. The Balaban J connectivity index is 1.58. The highest BCUT2D eigenvalue weighted by atomic mass is 19.1. The average molecular weight is 357 g/mol. The molecule has 1 fully saturated rings. The van der Waals surface area contributed by atoms with Gasteiger partial charge in [0.05, 0.1) is 24.5 Å². The van der Waals surface area contributed by atoms with Crippen molar-refractivity contribution in [1.29, 1.82) is 0 Å². The van der Waals surface area contributed by atoms with E-state index in [1.54, 1.807) is 24.3 Å². The maximum atomic E-state index is 15.2. The number of benzene rings is 2. The molecule has 1 saturated heterocycles. The van der Waals surface area contributed by atoms with E-state index in [4.69, 9.17) is 18.9 Å². The molecule has 2 aromatic rings. The predicted molar refractivity (Wildman–Crippen MR) is 89.8 cm³/mol. The van der Waals surface area contributed by atoms with Crippen LogP contribution >= 0.6 is 0 Å². The summed E-state index contributed by atoms with van der Waals surface area (Å²) in [4.78, 5) is 14.9. The molecular weight excluding hydrogens is 341 g/mol. The number of ether oxygens (including phenoxy) is 4. The van der Waals surface area contributed by atoms with E-state index in [1.165, 1.54) is 0 Å². The van der Waals surface area contributed by atoms with Gasteiger partial charge in [0.1, 0.15) is 12.4 Å². The second-order valence-corrected chi connectivity index (χ2v) is 6.34. The summed E-state index contributed by atoms with van der Waals surface area (Å²) in [6.07, 6.45) is 0. The van der Waals surface area contributed by atoms with Crippen molar-refractivity contribution in [3.63, 3.8) is 0 Å². The van der Waals surface area contributed by atoms with Crippen LogP contribution in [0.15, 0.2) is 24.3 Å². The topological polar surface area (TPSA) is 57.2 Å². The van der Waals surface area contributed by atoms with Crippen LogP contribution < -0.4 is 19.1 Å². The SMILES string of the molecule is O=C1c2cc3c(cc2OCc2c1ccc(N1CCOCC1)c2F)OCO3. The standard InChI is InChI=1S/C19H16FNO5/c20-18-13-9-24-15-8-17-16(25-10-26-17)7-12(15)19(22)11(13)1-2-14(18)21-3-5-23-6-4-21/h1-2,7-8H,3-6,9-10H2. The number of hydrogen-bond acceptors (Lipinski definition) is 6. The van der Waals surface area contributed by atoms with Crippen LogP contribution in [-0.2, 0) is 11.3 Å². The van der Waals surface area contributed by atoms with Crippen molar-refractivity contribution < 1.29 is 28.1 Å². The van der Waals surface area contributed by atoms with Gasteiger partial charge < -0.3 is 23.8 Å². The molecule has 0 aromatic heterocycles. The van der Waals surface area contributed by atoms with Crippen molar-refractivity contribution in [2.24, 2.45) is 0 Å². The normalized spacial score (nSPS) is 18.0. The molecule has 7 heteroatoms. The van der Waals surface area contributed by atoms with Gasteiger partial charge in [-0.25, -0.2) is 4.39 Å². The average Bonchev–Trinajstić information content (AvgIpc) is 3.08. The van der Waals surface area contributed by atoms with Crippen LogP contribution in [-0.4, -0.2) is 38.9 Å². The molecule has 3 aliphatic rings. The fourth-order valence-electron chi connectivity index (χ4n) is 3.53. The molecule has 0 atom stereocenters. The van der Waals surface area contributed by atoms with Crippen molar-refractivity contribution in [1.82, 2.24) is 0 Å². The van der Waals surface area contributed by atoms with Gasteiger partial charge in [0.2, 0.25) is 6.79 Å². The van der Waals surface area contributed by atoms with Crippen LogP contribution in [0.5, 0.6) is 17.2 Å². The Morgan fingerprint density at radius 3 is 2.50 bits per heavy atom. The van der Waals surface area contributed by atoms with E-state index in [9.17, 15) is 4.79 Å². The van der Waals surface area contributed by atoms with Gasteiger partial charge in [0, 0.05) is 30.3 Å². The number of nitrogens with zero attached hydrogens (tertiary/aromatic N) is 1. The zero-order valence-corrected chi connectivity index (χ0v) is 13.9. The van der Waals surface area contributed by atoms with Crippen LogP contribution in [0, 0.1) is 5.82 Å². The van der Waals surface area contributed by atoms with Crippen LogP contribution in [0.4, 0.5) is 10.1 Å². The van der Waals surface area contributed by atoms with Crippen molar-refractivity contribution in [3.8, 4) is 17.2 Å². The van der Waals surface area contributed by atoms with Gasteiger partial charge in [0.15, 0.2) is 23.1 Å². The van der Waals surface area contributed by atoms with E-state index in [2.05, 4.69) is 0 Å². The quantitative estimate of drug-likeness (QED) is 0.782. The van der Waals surface area contributed by atoms with Crippen molar-refractivity contribution in [2.45, 2.75) is 6.61 Å². The molecule has 3 heterocycles. The Morgan fingerprint density at radius 1 is 0.923 bits per heavy atom. The molecular formula is C19H16FNO5. The summed E-state index contributed by atoms with van der Waals surface area (Å²) in [6.45, 7) is 2.45. The first kappa shape index (κ1) is 15.5. The van der Waals surface area contributed by atoms with E-state index in [1.807, 2.05) is 4.90 Å². The first-order valence-corrected chi connectivity index (χ1v) is 8.47. The minimum Gasteiger partial charge on any atom is -0.488 e. The van der Waals surface area contributed by atoms with Crippen LogP contribution in [0.1, 0.15) is 21.5 Å². The summed E-state index contributed by atoms with van der Waals surface area (Å²) in [5.41, 5.74) is 1.42. The first-order chi connectivity index (χ1) is 12.7. The number of morpholine rings is 1. The molecule has 0 aliphatic carbocycles. The zero-order valence-electron chi connectivity index (χ0n) is 13.9. The fourth-order valence-corrected chi connectivity index (χ4v) is 3.53. The van der Waals surface area contributed by atoms with E-state index in [-0.39, 0.29) is 24.7 Å². The molecule has 0 spiro atoms. The van der Waals surface area contributed by atoms with Gasteiger partial charge in [-0.3, -0.25) is 4.79 Å². The molecule has 5 rings (SSSR count). The minimum absolute atomic E-state index is 0.0161. The van der Waals surface area contributed by atoms with Gasteiger partial charge >= 0.3 is 0 Å². The van der Waals surface area contributed by atoms with Gasteiger partial charge in [-0.1, -0.05) is 0 Å². The molecule has 0 unspecified atom stereocenters. The number of hydrogen-bond donors (Lipinski definition) is 0. The third kappa shape index (κ3) is 2.31. The van der Waals surface area contributed by atoms with Crippen molar-refractivity contribution in [3.05, 3.63) is 46.8 Å². The number of anilines is 1. The van der Waals surface area contributed by atoms with Gasteiger partial charge in [-0.15, -0.1) is 0 Å². The maximum absolute atomic E-state index is 15.2. The predicted octanol–water partition coefficient (Wildman–Crippen LogP) is 2.51. The molecule has 6 nitrogen and oxygen atoms in total. The monoisotopic (exact) mass is 357 g/mol. The lowest BCUT2D eigenvalue weighted by Gasteiger charge is -2.29. The van der Waals surface area contributed by atoms with Crippen LogP contribution in [0.3, 0.4) is 0 Å². The first-order valence-electron chi connectivity index (χ1n) is 8.47. The van der Waals surface area contributed by atoms with E-state index < -0.39 is 5.82 Å². The van der Waals surface area contributed by atoms with Crippen LogP contribution in [0.25, 0.3) is 0 Å². The van der Waals surface area contributed by atoms with Gasteiger partial charge in [-0.05, 0) is 18.2 Å². The number of halogens is 1. The molecule has 0 radical (unpaired) electrons. The molecule has 0 N–H and O–H groups in total. The second-order valence-electron chi connectivity index (χ2n) is 6.34.